The number of carbonyl (C=O) groups excluding carboxylic acids is 2. The van der Waals surface area contributed by atoms with Gasteiger partial charge in [0, 0.05) is 12.8 Å². The zero-order chi connectivity index (χ0) is 17.0. The van der Waals surface area contributed by atoms with Crippen LogP contribution in [-0.4, -0.2) is 30.1 Å². The molecule has 8 heteroatoms. The van der Waals surface area contributed by atoms with Crippen molar-refractivity contribution in [2.24, 2.45) is 0 Å². The van der Waals surface area contributed by atoms with Crippen molar-refractivity contribution in [2.75, 3.05) is 0 Å². The summed E-state index contributed by atoms with van der Waals surface area (Å²) in [5, 5.41) is 13.5. The Morgan fingerprint density at radius 1 is 1.04 bits per heavy atom. The van der Waals surface area contributed by atoms with Gasteiger partial charge in [-0.1, -0.05) is 12.1 Å². The number of carbonyl (C=O) groups is 2. The number of nitriles is 1. The highest BCUT2D eigenvalue weighted by Gasteiger charge is 2.36. The van der Waals surface area contributed by atoms with Gasteiger partial charge in [-0.3, -0.25) is 9.59 Å². The second kappa shape index (κ2) is 6.69. The SMILES string of the molecule is N#Cc1ccc(CC2NC(=O)C(CCC(F)(F)F)NC2=O)cc1. The van der Waals surface area contributed by atoms with Crippen LogP contribution in [0.5, 0.6) is 0 Å². The highest BCUT2D eigenvalue weighted by Crippen LogP contribution is 2.23. The molecule has 2 unspecified atom stereocenters. The molecule has 1 heterocycles. The van der Waals surface area contributed by atoms with Crippen molar-refractivity contribution in [3.63, 3.8) is 0 Å². The van der Waals surface area contributed by atoms with Crippen molar-refractivity contribution in [3.8, 4) is 6.07 Å². The molecular weight excluding hydrogens is 311 g/mol. The molecule has 0 saturated carbocycles. The van der Waals surface area contributed by atoms with Gasteiger partial charge in [-0.15, -0.1) is 0 Å². The molecule has 0 aliphatic carbocycles. The van der Waals surface area contributed by atoms with E-state index in [1.165, 1.54) is 0 Å². The van der Waals surface area contributed by atoms with Crippen LogP contribution in [0.3, 0.4) is 0 Å². The molecule has 1 fully saturated rings. The first-order chi connectivity index (χ1) is 10.8. The summed E-state index contributed by atoms with van der Waals surface area (Å²) in [4.78, 5) is 23.8. The Kier molecular flexibility index (Phi) is 4.89. The quantitative estimate of drug-likeness (QED) is 0.878. The lowest BCUT2D eigenvalue weighted by molar-refractivity contribution is -0.144. The summed E-state index contributed by atoms with van der Waals surface area (Å²) >= 11 is 0. The monoisotopic (exact) mass is 325 g/mol. The summed E-state index contributed by atoms with van der Waals surface area (Å²) in [6.45, 7) is 0. The van der Waals surface area contributed by atoms with E-state index in [9.17, 15) is 22.8 Å². The normalized spacial score (nSPS) is 21.3. The van der Waals surface area contributed by atoms with E-state index in [-0.39, 0.29) is 6.42 Å². The molecule has 0 aromatic heterocycles. The number of piperazine rings is 1. The van der Waals surface area contributed by atoms with Crippen molar-refractivity contribution in [1.82, 2.24) is 10.6 Å². The molecule has 0 bridgehead atoms. The van der Waals surface area contributed by atoms with Gasteiger partial charge in [-0.05, 0) is 24.1 Å². The highest BCUT2D eigenvalue weighted by atomic mass is 19.4. The Hall–Kier alpha value is -2.56. The first-order valence-corrected chi connectivity index (χ1v) is 6.95. The fourth-order valence-electron chi connectivity index (χ4n) is 2.28. The van der Waals surface area contributed by atoms with E-state index in [4.69, 9.17) is 5.26 Å². The first kappa shape index (κ1) is 16.8. The standard InChI is InChI=1S/C15H14F3N3O2/c16-15(17,18)6-5-11-13(22)21-12(14(23)20-11)7-9-1-3-10(8-19)4-2-9/h1-4,11-12H,5-7H2,(H,20,23)(H,21,22). The summed E-state index contributed by atoms with van der Waals surface area (Å²) in [6, 6.07) is 6.46. The Morgan fingerprint density at radius 3 is 2.17 bits per heavy atom. The molecule has 0 radical (unpaired) electrons. The van der Waals surface area contributed by atoms with E-state index in [2.05, 4.69) is 10.6 Å². The van der Waals surface area contributed by atoms with Crippen LogP contribution in [0.2, 0.25) is 0 Å². The third kappa shape index (κ3) is 4.71. The fraction of sp³-hybridized carbons (Fsp3) is 0.400. The molecule has 2 amide bonds. The van der Waals surface area contributed by atoms with Gasteiger partial charge in [0.25, 0.3) is 0 Å². The molecule has 2 atom stereocenters. The van der Waals surface area contributed by atoms with Gasteiger partial charge in [0.1, 0.15) is 12.1 Å². The van der Waals surface area contributed by atoms with E-state index in [0.717, 1.165) is 5.56 Å². The fourth-order valence-corrected chi connectivity index (χ4v) is 2.28. The Morgan fingerprint density at radius 2 is 1.61 bits per heavy atom. The number of nitrogens with zero attached hydrogens (tertiary/aromatic N) is 1. The third-order valence-electron chi connectivity index (χ3n) is 3.51. The van der Waals surface area contributed by atoms with Crippen LogP contribution in [0, 0.1) is 11.3 Å². The molecule has 2 N–H and O–H groups in total. The Bertz CT molecular complexity index is 635. The Labute approximate surface area is 130 Å². The molecule has 1 aliphatic heterocycles. The number of nitrogens with one attached hydrogen (secondary N) is 2. The van der Waals surface area contributed by atoms with Crippen molar-refractivity contribution >= 4 is 11.8 Å². The second-order valence-corrected chi connectivity index (χ2v) is 5.29. The van der Waals surface area contributed by atoms with E-state index < -0.39 is 42.9 Å². The van der Waals surface area contributed by atoms with Crippen LogP contribution < -0.4 is 10.6 Å². The van der Waals surface area contributed by atoms with E-state index in [1.807, 2.05) is 6.07 Å². The molecule has 1 saturated heterocycles. The summed E-state index contributed by atoms with van der Waals surface area (Å²) < 4.78 is 36.6. The predicted octanol–water partition coefficient (Wildman–Crippen LogP) is 1.43. The molecule has 122 valence electrons. The number of halogens is 3. The van der Waals surface area contributed by atoms with Gasteiger partial charge in [0.15, 0.2) is 0 Å². The van der Waals surface area contributed by atoms with Crippen LogP contribution in [0.4, 0.5) is 13.2 Å². The minimum atomic E-state index is -4.37. The molecule has 1 aliphatic rings. The van der Waals surface area contributed by atoms with Crippen molar-refractivity contribution in [1.29, 1.82) is 5.26 Å². The topological polar surface area (TPSA) is 82.0 Å². The van der Waals surface area contributed by atoms with Crippen molar-refractivity contribution in [3.05, 3.63) is 35.4 Å². The smallest absolute Gasteiger partial charge is 0.343 e. The number of amides is 2. The minimum Gasteiger partial charge on any atom is -0.343 e. The van der Waals surface area contributed by atoms with E-state index >= 15 is 0 Å². The number of hydrogen-bond acceptors (Lipinski definition) is 3. The predicted molar refractivity (Wildman–Crippen MR) is 74.0 cm³/mol. The van der Waals surface area contributed by atoms with Crippen LogP contribution in [0.25, 0.3) is 0 Å². The molecule has 1 aromatic carbocycles. The number of rotatable bonds is 4. The molecule has 1 aromatic rings. The highest BCUT2D eigenvalue weighted by molar-refractivity contribution is 5.97. The maximum atomic E-state index is 12.2. The molecular formula is C15H14F3N3O2. The minimum absolute atomic E-state index is 0.204. The maximum absolute atomic E-state index is 12.2. The molecule has 5 nitrogen and oxygen atoms in total. The van der Waals surface area contributed by atoms with Gasteiger partial charge >= 0.3 is 6.18 Å². The van der Waals surface area contributed by atoms with Crippen LogP contribution in [0.15, 0.2) is 24.3 Å². The zero-order valence-electron chi connectivity index (χ0n) is 12.0. The molecule has 0 spiro atoms. The van der Waals surface area contributed by atoms with E-state index in [0.29, 0.717) is 5.56 Å². The van der Waals surface area contributed by atoms with Gasteiger partial charge in [0.2, 0.25) is 11.8 Å². The summed E-state index contributed by atoms with van der Waals surface area (Å²) in [5.41, 5.74) is 1.20. The van der Waals surface area contributed by atoms with Gasteiger partial charge < -0.3 is 10.6 Å². The van der Waals surface area contributed by atoms with Crippen LogP contribution in [0.1, 0.15) is 24.0 Å². The van der Waals surface area contributed by atoms with Gasteiger partial charge in [-0.25, -0.2) is 0 Å². The maximum Gasteiger partial charge on any atom is 0.389 e. The van der Waals surface area contributed by atoms with Gasteiger partial charge in [0.05, 0.1) is 11.6 Å². The lowest BCUT2D eigenvalue weighted by atomic mass is 9.99. The number of benzene rings is 1. The second-order valence-electron chi connectivity index (χ2n) is 5.29. The Balaban J connectivity index is 1.95. The average Bonchev–Trinajstić information content (AvgIpc) is 2.49. The number of hydrogen-bond donors (Lipinski definition) is 2. The lowest BCUT2D eigenvalue weighted by Gasteiger charge is -2.29. The summed E-state index contributed by atoms with van der Waals surface area (Å²) in [7, 11) is 0. The van der Waals surface area contributed by atoms with Crippen LogP contribution in [-0.2, 0) is 16.0 Å². The molecule has 2 rings (SSSR count). The van der Waals surface area contributed by atoms with E-state index in [1.54, 1.807) is 24.3 Å². The third-order valence-corrected chi connectivity index (χ3v) is 3.51. The molecule has 23 heavy (non-hydrogen) atoms. The van der Waals surface area contributed by atoms with Crippen molar-refractivity contribution in [2.45, 2.75) is 37.5 Å². The summed E-state index contributed by atoms with van der Waals surface area (Å²) in [5.74, 6) is -1.13. The van der Waals surface area contributed by atoms with Gasteiger partial charge in [-0.2, -0.15) is 18.4 Å². The number of alkyl halides is 3. The zero-order valence-corrected chi connectivity index (χ0v) is 12.0. The summed E-state index contributed by atoms with van der Waals surface area (Å²) in [6.07, 6.45) is -5.78. The average molecular weight is 325 g/mol. The lowest BCUT2D eigenvalue weighted by Crippen LogP contribution is -2.62. The van der Waals surface area contributed by atoms with Crippen molar-refractivity contribution < 1.29 is 22.8 Å². The largest absolute Gasteiger partial charge is 0.389 e. The first-order valence-electron chi connectivity index (χ1n) is 6.95. The van der Waals surface area contributed by atoms with Crippen LogP contribution >= 0.6 is 0 Å².